The molecule has 1 atom stereocenters. The highest BCUT2D eigenvalue weighted by Gasteiger charge is 2.19. The number of unbranched alkanes of at least 4 members (excludes halogenated alkanes) is 17. The van der Waals surface area contributed by atoms with Crippen molar-refractivity contribution >= 4 is 17.9 Å². The monoisotopic (exact) mass is 901 g/mol. The summed E-state index contributed by atoms with van der Waals surface area (Å²) in [4.78, 5) is 38.0. The summed E-state index contributed by atoms with van der Waals surface area (Å²) < 4.78 is 16.7. The minimum atomic E-state index is -0.816. The molecule has 0 amide bonds. The number of allylic oxidation sites excluding steroid dienone is 18. The van der Waals surface area contributed by atoms with Crippen molar-refractivity contribution in [2.45, 2.75) is 232 Å². The van der Waals surface area contributed by atoms with Crippen LogP contribution in [-0.2, 0) is 28.6 Å². The van der Waals surface area contributed by atoms with Gasteiger partial charge in [0.2, 0.25) is 0 Å². The lowest BCUT2D eigenvalue weighted by atomic mass is 10.1. The van der Waals surface area contributed by atoms with Crippen molar-refractivity contribution in [2.24, 2.45) is 0 Å². The Morgan fingerprint density at radius 2 is 0.615 bits per heavy atom. The molecule has 0 fully saturated rings. The molecule has 0 aliphatic heterocycles. The Bertz CT molecular complexity index is 1360. The first-order chi connectivity index (χ1) is 32.0. The first kappa shape index (κ1) is 61.1. The van der Waals surface area contributed by atoms with E-state index in [1.807, 2.05) is 0 Å². The molecule has 0 radical (unpaired) electrons. The van der Waals surface area contributed by atoms with Crippen molar-refractivity contribution in [2.75, 3.05) is 13.2 Å². The summed E-state index contributed by atoms with van der Waals surface area (Å²) in [6.07, 6.45) is 70.7. The molecule has 0 aliphatic carbocycles. The van der Waals surface area contributed by atoms with Gasteiger partial charge in [0.1, 0.15) is 13.2 Å². The lowest BCUT2D eigenvalue weighted by Gasteiger charge is -2.18. The van der Waals surface area contributed by atoms with E-state index in [1.54, 1.807) is 0 Å². The normalized spacial score (nSPS) is 13.0. The number of carbonyl (C=O) groups is 3. The second kappa shape index (κ2) is 52.7. The third kappa shape index (κ3) is 50.9. The van der Waals surface area contributed by atoms with Gasteiger partial charge in [0.15, 0.2) is 6.10 Å². The molecule has 0 spiro atoms. The molecule has 65 heavy (non-hydrogen) atoms. The fraction of sp³-hybridized carbons (Fsp3) is 0.644. The molecule has 0 aliphatic rings. The maximum atomic E-state index is 12.8. The molecular weight excluding hydrogens is 805 g/mol. The minimum absolute atomic E-state index is 0.112. The molecule has 0 saturated carbocycles. The van der Waals surface area contributed by atoms with Gasteiger partial charge in [-0.2, -0.15) is 0 Å². The Morgan fingerprint density at radius 3 is 1.00 bits per heavy atom. The van der Waals surface area contributed by atoms with Crippen LogP contribution >= 0.6 is 0 Å². The summed E-state index contributed by atoms with van der Waals surface area (Å²) in [5.74, 6) is -1.00. The molecule has 0 unspecified atom stereocenters. The maximum absolute atomic E-state index is 12.8. The second-order valence-corrected chi connectivity index (χ2v) is 17.0. The number of carbonyl (C=O) groups excluding carboxylic acids is 3. The van der Waals surface area contributed by atoms with Gasteiger partial charge in [0.25, 0.3) is 0 Å². The van der Waals surface area contributed by atoms with Gasteiger partial charge in [-0.3, -0.25) is 14.4 Å². The Morgan fingerprint density at radius 1 is 0.323 bits per heavy atom. The zero-order valence-electron chi connectivity index (χ0n) is 42.0. The van der Waals surface area contributed by atoms with E-state index in [1.165, 1.54) is 51.4 Å². The van der Waals surface area contributed by atoms with Crippen LogP contribution < -0.4 is 0 Å². The summed E-state index contributed by atoms with van der Waals surface area (Å²) in [5, 5.41) is 0. The molecule has 6 nitrogen and oxygen atoms in total. The molecule has 0 bridgehead atoms. The molecule has 0 heterocycles. The number of ether oxygens (including phenoxy) is 3. The van der Waals surface area contributed by atoms with E-state index in [9.17, 15) is 14.4 Å². The van der Waals surface area contributed by atoms with Gasteiger partial charge < -0.3 is 14.2 Å². The van der Waals surface area contributed by atoms with Gasteiger partial charge in [-0.1, -0.05) is 194 Å². The average Bonchev–Trinajstić information content (AvgIpc) is 3.30. The predicted octanol–water partition coefficient (Wildman–Crippen LogP) is 17.5. The highest BCUT2D eigenvalue weighted by Crippen LogP contribution is 2.12. The van der Waals surface area contributed by atoms with Gasteiger partial charge in [-0.15, -0.1) is 0 Å². The van der Waals surface area contributed by atoms with Gasteiger partial charge >= 0.3 is 17.9 Å². The topological polar surface area (TPSA) is 78.9 Å². The van der Waals surface area contributed by atoms with Gasteiger partial charge in [-0.05, 0) is 122 Å². The van der Waals surface area contributed by atoms with E-state index >= 15 is 0 Å². The lowest BCUT2D eigenvalue weighted by Crippen LogP contribution is -2.30. The van der Waals surface area contributed by atoms with Crippen LogP contribution in [0.25, 0.3) is 0 Å². The molecule has 0 saturated heterocycles. The first-order valence-electron chi connectivity index (χ1n) is 26.4. The summed E-state index contributed by atoms with van der Waals surface area (Å²) in [7, 11) is 0. The zero-order chi connectivity index (χ0) is 47.2. The summed E-state index contributed by atoms with van der Waals surface area (Å²) in [6.45, 7) is 6.38. The van der Waals surface area contributed by atoms with Crippen molar-refractivity contribution in [1.29, 1.82) is 0 Å². The zero-order valence-corrected chi connectivity index (χ0v) is 42.0. The predicted molar refractivity (Wildman–Crippen MR) is 279 cm³/mol. The van der Waals surface area contributed by atoms with E-state index in [0.29, 0.717) is 19.3 Å². The second-order valence-electron chi connectivity index (χ2n) is 17.0. The molecule has 0 aromatic heterocycles. The molecular formula is C59H96O6. The van der Waals surface area contributed by atoms with Crippen LogP contribution in [0.1, 0.15) is 226 Å². The van der Waals surface area contributed by atoms with E-state index in [0.717, 1.165) is 128 Å². The highest BCUT2D eigenvalue weighted by atomic mass is 16.6. The van der Waals surface area contributed by atoms with E-state index in [2.05, 4.69) is 130 Å². The summed E-state index contributed by atoms with van der Waals surface area (Å²) >= 11 is 0. The van der Waals surface area contributed by atoms with Crippen molar-refractivity contribution < 1.29 is 28.6 Å². The molecule has 368 valence electrons. The number of hydrogen-bond acceptors (Lipinski definition) is 6. The lowest BCUT2D eigenvalue weighted by molar-refractivity contribution is -0.167. The van der Waals surface area contributed by atoms with E-state index in [4.69, 9.17) is 14.2 Å². The quantitative estimate of drug-likeness (QED) is 0.0262. The van der Waals surface area contributed by atoms with Crippen LogP contribution in [0.3, 0.4) is 0 Å². The van der Waals surface area contributed by atoms with Crippen molar-refractivity contribution in [3.8, 4) is 0 Å². The summed E-state index contributed by atoms with van der Waals surface area (Å²) in [6, 6.07) is 0. The molecule has 0 aromatic rings. The van der Waals surface area contributed by atoms with Crippen LogP contribution in [-0.4, -0.2) is 37.2 Å². The number of hydrogen-bond donors (Lipinski definition) is 0. The number of rotatable bonds is 46. The van der Waals surface area contributed by atoms with Gasteiger partial charge in [0, 0.05) is 19.3 Å². The molecule has 6 heteroatoms. The third-order valence-electron chi connectivity index (χ3n) is 10.7. The van der Waals surface area contributed by atoms with E-state index in [-0.39, 0.29) is 37.5 Å². The Kier molecular flexibility index (Phi) is 49.5. The molecule has 0 rings (SSSR count). The third-order valence-corrected chi connectivity index (χ3v) is 10.7. The van der Waals surface area contributed by atoms with Gasteiger partial charge in [-0.25, -0.2) is 0 Å². The largest absolute Gasteiger partial charge is 0.462 e. The van der Waals surface area contributed by atoms with Crippen LogP contribution in [0.2, 0.25) is 0 Å². The Hall–Kier alpha value is -3.93. The number of esters is 3. The maximum Gasteiger partial charge on any atom is 0.306 e. The van der Waals surface area contributed by atoms with Crippen LogP contribution in [0.5, 0.6) is 0 Å². The van der Waals surface area contributed by atoms with Crippen LogP contribution in [0.15, 0.2) is 109 Å². The fourth-order valence-electron chi connectivity index (χ4n) is 6.77. The molecule has 0 N–H and O–H groups in total. The Balaban J connectivity index is 4.54. The molecule has 0 aromatic carbocycles. The van der Waals surface area contributed by atoms with Crippen molar-refractivity contribution in [1.82, 2.24) is 0 Å². The van der Waals surface area contributed by atoms with Crippen molar-refractivity contribution in [3.05, 3.63) is 109 Å². The fourth-order valence-corrected chi connectivity index (χ4v) is 6.77. The Labute approximate surface area is 400 Å². The standard InChI is InChI=1S/C59H96O6/c1-4-7-10-13-16-19-22-25-28-29-32-34-37-40-43-46-49-52-58(61)64-55-56(65-59(62)53-50-47-44-41-38-35-31-27-24-21-18-15-12-9-6-3)54-63-57(60)51-48-45-42-39-36-33-30-26-23-20-17-14-11-8-5-2/h8,11,16-21,25-28,30-32,34,40,43,56H,4-7,9-10,12-15,22-24,29,33,35-39,41-42,44-55H2,1-3H3/b11-8-,19-16-,20-17-,21-18-,28-25-,30-26-,31-27-,34-32-,43-40-/t56-/m1/s1. The van der Waals surface area contributed by atoms with Crippen molar-refractivity contribution in [3.63, 3.8) is 0 Å². The first-order valence-corrected chi connectivity index (χ1v) is 26.4. The minimum Gasteiger partial charge on any atom is -0.462 e. The van der Waals surface area contributed by atoms with E-state index < -0.39 is 6.10 Å². The van der Waals surface area contributed by atoms with Crippen LogP contribution in [0.4, 0.5) is 0 Å². The highest BCUT2D eigenvalue weighted by molar-refractivity contribution is 5.71. The van der Waals surface area contributed by atoms with Gasteiger partial charge in [0.05, 0.1) is 0 Å². The smallest absolute Gasteiger partial charge is 0.306 e. The average molecular weight is 901 g/mol. The summed E-state index contributed by atoms with van der Waals surface area (Å²) in [5.41, 5.74) is 0. The SMILES string of the molecule is CC/C=C\C/C=C\C/C=C\CCCCCCCC(=O)OC[C@H](COC(=O)CCC/C=C\C/C=C\C/C=C\C/C=C\CCCCC)OC(=O)CCCCCCC/C=C\C/C=C\CCCCC. The van der Waals surface area contributed by atoms with Crippen LogP contribution in [0, 0.1) is 0 Å².